The zero-order valence-electron chi connectivity index (χ0n) is 13.1. The van der Waals surface area contributed by atoms with Crippen molar-refractivity contribution in [3.8, 4) is 11.3 Å². The van der Waals surface area contributed by atoms with Gasteiger partial charge in [0.2, 0.25) is 0 Å². The Balaban J connectivity index is 1.87. The molecule has 0 saturated carbocycles. The lowest BCUT2D eigenvalue weighted by Crippen LogP contribution is -2.15. The van der Waals surface area contributed by atoms with Crippen LogP contribution in [-0.2, 0) is 6.54 Å². The van der Waals surface area contributed by atoms with Crippen molar-refractivity contribution in [2.24, 2.45) is 0 Å². The van der Waals surface area contributed by atoms with E-state index in [2.05, 4.69) is 28.6 Å². The molecule has 2 aromatic carbocycles. The quantitative estimate of drug-likeness (QED) is 0.687. The predicted octanol–water partition coefficient (Wildman–Crippen LogP) is 3.84. The predicted molar refractivity (Wildman–Crippen MR) is 93.0 cm³/mol. The smallest absolute Gasteiger partial charge is 0.196 e. The number of nitrogens with zero attached hydrogens (tertiary/aromatic N) is 2. The molecule has 0 saturated heterocycles. The summed E-state index contributed by atoms with van der Waals surface area (Å²) in [5.74, 6) is 1.11. The molecule has 1 aliphatic rings. The Kier molecular flexibility index (Phi) is 3.27. The molecular weight excluding hydrogens is 284 g/mol. The summed E-state index contributed by atoms with van der Waals surface area (Å²) in [5.41, 5.74) is 3.79. The van der Waals surface area contributed by atoms with E-state index in [9.17, 15) is 4.79 Å². The van der Waals surface area contributed by atoms with E-state index >= 15 is 0 Å². The van der Waals surface area contributed by atoms with Crippen LogP contribution in [0.1, 0.15) is 15.9 Å². The first kappa shape index (κ1) is 13.8. The van der Waals surface area contributed by atoms with Gasteiger partial charge < -0.3 is 9.47 Å². The summed E-state index contributed by atoms with van der Waals surface area (Å²) in [6.07, 6.45) is 0. The molecule has 0 aliphatic carbocycles. The van der Waals surface area contributed by atoms with E-state index in [1.165, 1.54) is 0 Å². The highest BCUT2D eigenvalue weighted by molar-refractivity contribution is 6.13. The Morgan fingerprint density at radius 1 is 0.913 bits per heavy atom. The van der Waals surface area contributed by atoms with Crippen molar-refractivity contribution in [3.05, 3.63) is 77.9 Å². The third kappa shape index (κ3) is 2.25. The van der Waals surface area contributed by atoms with Gasteiger partial charge in [0.05, 0.1) is 11.3 Å². The first-order valence-corrected chi connectivity index (χ1v) is 7.85. The van der Waals surface area contributed by atoms with E-state index in [4.69, 9.17) is 0 Å². The second-order valence-corrected chi connectivity index (χ2v) is 5.90. The standard InChI is InChI=1S/C20H18N2O/c1-21-12-13-22-18(15-8-4-2-5-9-15)14-17(20(21)22)19(23)16-10-6-3-7-11-16/h2-11,14H,12-13H2,1H3. The van der Waals surface area contributed by atoms with Gasteiger partial charge in [-0.2, -0.15) is 0 Å². The Hall–Kier alpha value is -2.81. The summed E-state index contributed by atoms with van der Waals surface area (Å²) >= 11 is 0. The zero-order valence-corrected chi connectivity index (χ0v) is 13.1. The minimum Gasteiger partial charge on any atom is -0.359 e. The summed E-state index contributed by atoms with van der Waals surface area (Å²) in [7, 11) is 2.05. The monoisotopic (exact) mass is 302 g/mol. The van der Waals surface area contributed by atoms with Crippen LogP contribution in [0.25, 0.3) is 11.3 Å². The molecule has 2 heterocycles. The Morgan fingerprint density at radius 3 is 2.26 bits per heavy atom. The van der Waals surface area contributed by atoms with E-state index in [0.717, 1.165) is 41.3 Å². The molecule has 4 rings (SSSR count). The summed E-state index contributed by atoms with van der Waals surface area (Å²) < 4.78 is 2.26. The molecule has 0 N–H and O–H groups in total. The second-order valence-electron chi connectivity index (χ2n) is 5.90. The van der Waals surface area contributed by atoms with Crippen molar-refractivity contribution < 1.29 is 4.79 Å². The summed E-state index contributed by atoms with van der Waals surface area (Å²) in [5, 5.41) is 0. The topological polar surface area (TPSA) is 25.2 Å². The molecule has 3 heteroatoms. The normalized spacial score (nSPS) is 13.2. The van der Waals surface area contributed by atoms with E-state index in [-0.39, 0.29) is 5.78 Å². The summed E-state index contributed by atoms with van der Waals surface area (Å²) in [4.78, 5) is 15.1. The fraction of sp³-hybridized carbons (Fsp3) is 0.150. The maximum atomic E-state index is 13.0. The molecule has 114 valence electrons. The fourth-order valence-electron chi connectivity index (χ4n) is 3.29. The van der Waals surface area contributed by atoms with Gasteiger partial charge in [-0.25, -0.2) is 0 Å². The number of carbonyl (C=O) groups is 1. The van der Waals surface area contributed by atoms with Crippen molar-refractivity contribution in [2.45, 2.75) is 6.54 Å². The van der Waals surface area contributed by atoms with Gasteiger partial charge in [-0.1, -0.05) is 60.7 Å². The average Bonchev–Trinajstić information content (AvgIpc) is 3.17. The Labute approximate surface area is 135 Å². The molecule has 0 unspecified atom stereocenters. The number of aromatic nitrogens is 1. The number of ketones is 1. The van der Waals surface area contributed by atoms with Crippen molar-refractivity contribution in [1.82, 2.24) is 4.57 Å². The average molecular weight is 302 g/mol. The van der Waals surface area contributed by atoms with E-state index in [0.29, 0.717) is 0 Å². The molecule has 0 atom stereocenters. The largest absolute Gasteiger partial charge is 0.359 e. The highest BCUT2D eigenvalue weighted by Gasteiger charge is 2.28. The number of hydrogen-bond donors (Lipinski definition) is 0. The van der Waals surface area contributed by atoms with Gasteiger partial charge in [-0.15, -0.1) is 0 Å². The van der Waals surface area contributed by atoms with Gasteiger partial charge in [0.1, 0.15) is 5.82 Å². The minimum absolute atomic E-state index is 0.0882. The SMILES string of the molecule is CN1CCn2c(-c3ccccc3)cc(C(=O)c3ccccc3)c21. The van der Waals surface area contributed by atoms with Crippen molar-refractivity contribution in [3.63, 3.8) is 0 Å². The molecule has 23 heavy (non-hydrogen) atoms. The van der Waals surface area contributed by atoms with Gasteiger partial charge >= 0.3 is 0 Å². The number of anilines is 1. The van der Waals surface area contributed by atoms with Gasteiger partial charge in [0.25, 0.3) is 0 Å². The van der Waals surface area contributed by atoms with Crippen LogP contribution in [0.4, 0.5) is 5.82 Å². The lowest BCUT2D eigenvalue weighted by atomic mass is 10.0. The van der Waals surface area contributed by atoms with Crippen LogP contribution in [0, 0.1) is 0 Å². The van der Waals surface area contributed by atoms with Crippen LogP contribution in [0.15, 0.2) is 66.7 Å². The molecule has 0 radical (unpaired) electrons. The third-order valence-electron chi connectivity index (χ3n) is 4.44. The maximum absolute atomic E-state index is 13.0. The molecule has 0 fully saturated rings. The number of hydrogen-bond acceptors (Lipinski definition) is 2. The van der Waals surface area contributed by atoms with Crippen LogP contribution in [-0.4, -0.2) is 23.9 Å². The zero-order chi connectivity index (χ0) is 15.8. The van der Waals surface area contributed by atoms with Gasteiger partial charge in [-0.05, 0) is 11.6 Å². The molecule has 0 spiro atoms. The van der Waals surface area contributed by atoms with Crippen LogP contribution < -0.4 is 4.90 Å². The van der Waals surface area contributed by atoms with Crippen LogP contribution in [0.2, 0.25) is 0 Å². The Bertz CT molecular complexity index is 850. The molecule has 0 bridgehead atoms. The van der Waals surface area contributed by atoms with E-state index in [1.807, 2.05) is 54.6 Å². The van der Waals surface area contributed by atoms with Gasteiger partial charge in [0, 0.05) is 25.7 Å². The minimum atomic E-state index is 0.0882. The van der Waals surface area contributed by atoms with Gasteiger partial charge in [0.15, 0.2) is 5.78 Å². The van der Waals surface area contributed by atoms with Crippen molar-refractivity contribution in [2.75, 3.05) is 18.5 Å². The lowest BCUT2D eigenvalue weighted by Gasteiger charge is -2.12. The summed E-state index contributed by atoms with van der Waals surface area (Å²) in [6.45, 7) is 1.85. The number of carbonyl (C=O) groups excluding carboxylic acids is 1. The number of benzene rings is 2. The second kappa shape index (κ2) is 5.43. The first-order valence-electron chi connectivity index (χ1n) is 7.85. The molecular formula is C20H18N2O. The van der Waals surface area contributed by atoms with Crippen LogP contribution in [0.3, 0.4) is 0 Å². The molecule has 3 nitrogen and oxygen atoms in total. The van der Waals surface area contributed by atoms with Gasteiger partial charge in [-0.3, -0.25) is 4.79 Å². The van der Waals surface area contributed by atoms with E-state index in [1.54, 1.807) is 0 Å². The Morgan fingerprint density at radius 2 is 1.57 bits per heavy atom. The highest BCUT2D eigenvalue weighted by atomic mass is 16.1. The number of likely N-dealkylation sites (N-methyl/N-ethyl adjacent to an activating group) is 1. The maximum Gasteiger partial charge on any atom is 0.196 e. The lowest BCUT2D eigenvalue weighted by molar-refractivity contribution is 0.103. The molecule has 1 aliphatic heterocycles. The number of rotatable bonds is 3. The van der Waals surface area contributed by atoms with Crippen LogP contribution >= 0.6 is 0 Å². The van der Waals surface area contributed by atoms with Crippen LogP contribution in [0.5, 0.6) is 0 Å². The highest BCUT2D eigenvalue weighted by Crippen LogP contribution is 2.36. The molecule has 1 aromatic heterocycles. The van der Waals surface area contributed by atoms with Crippen molar-refractivity contribution >= 4 is 11.6 Å². The van der Waals surface area contributed by atoms with E-state index < -0.39 is 0 Å². The molecule has 0 amide bonds. The summed E-state index contributed by atoms with van der Waals surface area (Å²) in [6, 6.07) is 21.8. The first-order chi connectivity index (χ1) is 11.3. The fourth-order valence-corrected chi connectivity index (χ4v) is 3.29. The van der Waals surface area contributed by atoms with Crippen molar-refractivity contribution in [1.29, 1.82) is 0 Å². The third-order valence-corrected chi connectivity index (χ3v) is 4.44. The number of fused-ring (bicyclic) bond motifs is 1. The molecule has 3 aromatic rings.